The minimum absolute atomic E-state index is 0.0517. The molecule has 6 nitrogen and oxygen atoms in total. The summed E-state index contributed by atoms with van der Waals surface area (Å²) >= 11 is 0. The van der Waals surface area contributed by atoms with Crippen LogP contribution in [0.25, 0.3) is 0 Å². The quantitative estimate of drug-likeness (QED) is 0.853. The van der Waals surface area contributed by atoms with Gasteiger partial charge in [0, 0.05) is 43.5 Å². The van der Waals surface area contributed by atoms with Crippen molar-refractivity contribution in [2.45, 2.75) is 13.8 Å². The summed E-state index contributed by atoms with van der Waals surface area (Å²) in [5.41, 5.74) is 1.54. The highest BCUT2D eigenvalue weighted by molar-refractivity contribution is 5.95. The van der Waals surface area contributed by atoms with Gasteiger partial charge >= 0.3 is 0 Å². The fourth-order valence-electron chi connectivity index (χ4n) is 2.85. The number of carbonyl (C=O) groups is 1. The molecular formula is C18H23N5O. The van der Waals surface area contributed by atoms with Crippen LogP contribution >= 0.6 is 0 Å². The summed E-state index contributed by atoms with van der Waals surface area (Å²) in [5, 5.41) is 3.26. The van der Waals surface area contributed by atoms with Gasteiger partial charge in [-0.2, -0.15) is 0 Å². The highest BCUT2D eigenvalue weighted by Gasteiger charge is 2.17. The van der Waals surface area contributed by atoms with Crippen LogP contribution in [0.15, 0.2) is 36.7 Å². The lowest BCUT2D eigenvalue weighted by atomic mass is 10.1. The summed E-state index contributed by atoms with van der Waals surface area (Å²) in [6, 6.07) is 9.40. The van der Waals surface area contributed by atoms with Crippen LogP contribution < -0.4 is 10.2 Å². The topological polar surface area (TPSA) is 61.4 Å². The molecule has 1 saturated heterocycles. The first kappa shape index (κ1) is 16.4. The molecule has 0 aliphatic carbocycles. The lowest BCUT2D eigenvalue weighted by molar-refractivity contribution is 0.101. The first-order chi connectivity index (χ1) is 11.7. The molecule has 1 aromatic carbocycles. The van der Waals surface area contributed by atoms with Crippen LogP contribution in [0.4, 0.5) is 17.3 Å². The van der Waals surface area contributed by atoms with Gasteiger partial charge in [0.25, 0.3) is 0 Å². The number of ketones is 1. The van der Waals surface area contributed by atoms with E-state index in [1.807, 2.05) is 30.3 Å². The van der Waals surface area contributed by atoms with Crippen LogP contribution in [0.3, 0.4) is 0 Å². The molecule has 3 rings (SSSR count). The van der Waals surface area contributed by atoms with Crippen molar-refractivity contribution in [3.05, 3.63) is 42.2 Å². The monoisotopic (exact) mass is 325 g/mol. The summed E-state index contributed by atoms with van der Waals surface area (Å²) < 4.78 is 0. The molecule has 2 heterocycles. The molecule has 1 aliphatic heterocycles. The van der Waals surface area contributed by atoms with Gasteiger partial charge in [0.2, 0.25) is 0 Å². The van der Waals surface area contributed by atoms with Crippen molar-refractivity contribution in [1.29, 1.82) is 0 Å². The molecule has 1 fully saturated rings. The fourth-order valence-corrected chi connectivity index (χ4v) is 2.85. The van der Waals surface area contributed by atoms with Crippen molar-refractivity contribution in [2.24, 2.45) is 0 Å². The first-order valence-corrected chi connectivity index (χ1v) is 8.33. The smallest absolute Gasteiger partial charge is 0.159 e. The zero-order valence-corrected chi connectivity index (χ0v) is 14.2. The summed E-state index contributed by atoms with van der Waals surface area (Å²) in [6.45, 7) is 8.92. The van der Waals surface area contributed by atoms with Crippen molar-refractivity contribution in [3.8, 4) is 0 Å². The SMILES string of the molecule is CCN1CCN(c2cc(Nc3cccc(C(C)=O)c3)ncn2)CC1. The number of benzene rings is 1. The van der Waals surface area contributed by atoms with E-state index in [0.29, 0.717) is 5.56 Å². The highest BCUT2D eigenvalue weighted by atomic mass is 16.1. The molecule has 0 unspecified atom stereocenters. The van der Waals surface area contributed by atoms with E-state index < -0.39 is 0 Å². The maximum Gasteiger partial charge on any atom is 0.159 e. The van der Waals surface area contributed by atoms with Gasteiger partial charge < -0.3 is 15.1 Å². The van der Waals surface area contributed by atoms with Gasteiger partial charge in [0.15, 0.2) is 5.78 Å². The van der Waals surface area contributed by atoms with Gasteiger partial charge in [-0.15, -0.1) is 0 Å². The van der Waals surface area contributed by atoms with Crippen molar-refractivity contribution in [1.82, 2.24) is 14.9 Å². The summed E-state index contributed by atoms with van der Waals surface area (Å²) in [4.78, 5) is 24.9. The third kappa shape index (κ3) is 3.89. The highest BCUT2D eigenvalue weighted by Crippen LogP contribution is 2.20. The van der Waals surface area contributed by atoms with Crippen molar-refractivity contribution in [2.75, 3.05) is 42.9 Å². The Balaban J connectivity index is 1.72. The van der Waals surface area contributed by atoms with Crippen LogP contribution in [0.1, 0.15) is 24.2 Å². The minimum Gasteiger partial charge on any atom is -0.354 e. The average molecular weight is 325 g/mol. The number of hydrogen-bond acceptors (Lipinski definition) is 6. The Morgan fingerprint density at radius 3 is 2.67 bits per heavy atom. The normalized spacial score (nSPS) is 15.3. The van der Waals surface area contributed by atoms with Crippen LogP contribution in [-0.2, 0) is 0 Å². The number of piperazine rings is 1. The Hall–Kier alpha value is -2.47. The number of nitrogens with one attached hydrogen (secondary N) is 1. The molecule has 6 heteroatoms. The Morgan fingerprint density at radius 1 is 1.17 bits per heavy atom. The standard InChI is InChI=1S/C18H23N5O/c1-3-22-7-9-23(10-8-22)18-12-17(19-13-20-18)21-16-6-4-5-15(11-16)14(2)24/h4-6,11-13H,3,7-10H2,1-2H3,(H,19,20,21). The zero-order chi connectivity index (χ0) is 16.9. The lowest BCUT2D eigenvalue weighted by Gasteiger charge is -2.34. The Kier molecular flexibility index (Phi) is 5.05. The Labute approximate surface area is 142 Å². The van der Waals surface area contributed by atoms with Crippen molar-refractivity contribution < 1.29 is 4.79 Å². The zero-order valence-electron chi connectivity index (χ0n) is 14.2. The molecule has 0 spiro atoms. The molecule has 0 amide bonds. The average Bonchev–Trinajstić information content (AvgIpc) is 2.62. The van der Waals surface area contributed by atoms with E-state index in [2.05, 4.69) is 32.0 Å². The number of Topliss-reactive ketones (excluding diaryl/α,β-unsaturated/α-hetero) is 1. The Bertz CT molecular complexity index is 710. The number of nitrogens with zero attached hydrogens (tertiary/aromatic N) is 4. The molecule has 0 bridgehead atoms. The molecular weight excluding hydrogens is 302 g/mol. The van der Waals surface area contributed by atoms with Crippen molar-refractivity contribution in [3.63, 3.8) is 0 Å². The second kappa shape index (κ2) is 7.40. The van der Waals surface area contributed by atoms with Gasteiger partial charge in [-0.25, -0.2) is 9.97 Å². The number of rotatable bonds is 5. The molecule has 1 aromatic heterocycles. The maximum absolute atomic E-state index is 11.5. The van der Waals surface area contributed by atoms with E-state index in [0.717, 1.165) is 50.0 Å². The second-order valence-corrected chi connectivity index (χ2v) is 5.94. The Morgan fingerprint density at radius 2 is 1.96 bits per heavy atom. The van der Waals surface area contributed by atoms with E-state index >= 15 is 0 Å². The van der Waals surface area contributed by atoms with Gasteiger partial charge in [0.1, 0.15) is 18.0 Å². The first-order valence-electron chi connectivity index (χ1n) is 8.33. The van der Waals surface area contributed by atoms with Crippen LogP contribution in [0.5, 0.6) is 0 Å². The molecule has 0 saturated carbocycles. The van der Waals surface area contributed by atoms with E-state index in [1.54, 1.807) is 13.3 Å². The molecule has 0 radical (unpaired) electrons. The van der Waals surface area contributed by atoms with Crippen molar-refractivity contribution >= 4 is 23.1 Å². The summed E-state index contributed by atoms with van der Waals surface area (Å²) in [7, 11) is 0. The van der Waals surface area contributed by atoms with E-state index in [-0.39, 0.29) is 5.78 Å². The largest absolute Gasteiger partial charge is 0.354 e. The minimum atomic E-state index is 0.0517. The molecule has 126 valence electrons. The van der Waals surface area contributed by atoms with Gasteiger partial charge in [-0.3, -0.25) is 4.79 Å². The third-order valence-electron chi connectivity index (χ3n) is 4.34. The summed E-state index contributed by atoms with van der Waals surface area (Å²) in [5.74, 6) is 1.72. The predicted octanol–water partition coefficient (Wildman–Crippen LogP) is 2.56. The van der Waals surface area contributed by atoms with E-state index in [1.165, 1.54) is 0 Å². The molecule has 24 heavy (non-hydrogen) atoms. The van der Waals surface area contributed by atoms with Crippen LogP contribution in [-0.4, -0.2) is 53.4 Å². The summed E-state index contributed by atoms with van der Waals surface area (Å²) in [6.07, 6.45) is 1.58. The molecule has 2 aromatic rings. The molecule has 1 N–H and O–H groups in total. The molecule has 1 aliphatic rings. The van der Waals surface area contributed by atoms with Gasteiger partial charge in [-0.1, -0.05) is 19.1 Å². The number of carbonyl (C=O) groups excluding carboxylic acids is 1. The maximum atomic E-state index is 11.5. The number of likely N-dealkylation sites (N-methyl/N-ethyl adjacent to an activating group) is 1. The van der Waals surface area contributed by atoms with Gasteiger partial charge in [-0.05, 0) is 25.6 Å². The lowest BCUT2D eigenvalue weighted by Crippen LogP contribution is -2.46. The van der Waals surface area contributed by atoms with E-state index in [9.17, 15) is 4.79 Å². The van der Waals surface area contributed by atoms with E-state index in [4.69, 9.17) is 0 Å². The van der Waals surface area contributed by atoms with Crippen LogP contribution in [0.2, 0.25) is 0 Å². The number of anilines is 3. The third-order valence-corrected chi connectivity index (χ3v) is 4.34. The fraction of sp³-hybridized carbons (Fsp3) is 0.389. The predicted molar refractivity (Wildman–Crippen MR) is 96.1 cm³/mol. The second-order valence-electron chi connectivity index (χ2n) is 5.94. The van der Waals surface area contributed by atoms with Crippen LogP contribution in [0, 0.1) is 0 Å². The van der Waals surface area contributed by atoms with Gasteiger partial charge in [0.05, 0.1) is 0 Å². The number of hydrogen-bond donors (Lipinski definition) is 1. The molecule has 0 atom stereocenters. The number of aromatic nitrogens is 2.